The highest BCUT2D eigenvalue weighted by Crippen LogP contribution is 2.38. The molecule has 6 heteroatoms. The van der Waals surface area contributed by atoms with E-state index in [-0.39, 0.29) is 0 Å². The summed E-state index contributed by atoms with van der Waals surface area (Å²) in [6.45, 7) is 4.97. The predicted octanol–water partition coefficient (Wildman–Crippen LogP) is 2.64. The molecule has 0 bridgehead atoms. The molecule has 1 aliphatic rings. The zero-order valence-corrected chi connectivity index (χ0v) is 14.2. The van der Waals surface area contributed by atoms with Crippen LogP contribution in [0.4, 0.5) is 0 Å². The average Bonchev–Trinajstić information content (AvgIpc) is 3.04. The SMILES string of the molecule is CCNC(c1c(Cl)cnn1CCN(C)C)C1CCCS1. The second-order valence-corrected chi connectivity index (χ2v) is 7.25. The van der Waals surface area contributed by atoms with E-state index in [0.29, 0.717) is 11.3 Å². The number of likely N-dealkylation sites (N-methyl/N-ethyl adjacent to an activating group) is 1. The number of aromatic nitrogens is 2. The van der Waals surface area contributed by atoms with Crippen molar-refractivity contribution >= 4 is 23.4 Å². The highest BCUT2D eigenvalue weighted by Gasteiger charge is 2.30. The Bertz CT molecular complexity index is 415. The van der Waals surface area contributed by atoms with E-state index in [1.165, 1.54) is 18.6 Å². The van der Waals surface area contributed by atoms with E-state index in [4.69, 9.17) is 11.6 Å². The summed E-state index contributed by atoms with van der Waals surface area (Å²) in [4.78, 5) is 2.17. The maximum absolute atomic E-state index is 6.42. The topological polar surface area (TPSA) is 33.1 Å². The summed E-state index contributed by atoms with van der Waals surface area (Å²) in [5.41, 5.74) is 1.16. The lowest BCUT2D eigenvalue weighted by molar-refractivity contribution is 0.361. The summed E-state index contributed by atoms with van der Waals surface area (Å²) < 4.78 is 2.08. The fourth-order valence-electron chi connectivity index (χ4n) is 2.64. The molecule has 2 atom stereocenters. The standard InChI is InChI=1S/C14H25ClN4S/c1-4-16-13(12-6-5-9-20-12)14-11(15)10-17-19(14)8-7-18(2)3/h10,12-13,16H,4-9H2,1-3H3. The van der Waals surface area contributed by atoms with E-state index >= 15 is 0 Å². The average molecular weight is 317 g/mol. The molecule has 2 heterocycles. The van der Waals surface area contributed by atoms with Crippen molar-refractivity contribution in [3.8, 4) is 0 Å². The molecule has 20 heavy (non-hydrogen) atoms. The second-order valence-electron chi connectivity index (χ2n) is 5.49. The van der Waals surface area contributed by atoms with Crippen LogP contribution in [0.15, 0.2) is 6.20 Å². The van der Waals surface area contributed by atoms with Crippen LogP contribution >= 0.6 is 23.4 Å². The van der Waals surface area contributed by atoms with Gasteiger partial charge >= 0.3 is 0 Å². The lowest BCUT2D eigenvalue weighted by Crippen LogP contribution is -2.32. The van der Waals surface area contributed by atoms with Crippen molar-refractivity contribution in [3.05, 3.63) is 16.9 Å². The van der Waals surface area contributed by atoms with Gasteiger partial charge in [0.05, 0.1) is 29.5 Å². The zero-order chi connectivity index (χ0) is 14.5. The third-order valence-corrected chi connectivity index (χ3v) is 5.40. The third kappa shape index (κ3) is 3.91. The first-order chi connectivity index (χ1) is 9.63. The maximum atomic E-state index is 6.42. The molecule has 2 unspecified atom stereocenters. The Balaban J connectivity index is 2.19. The molecular formula is C14H25ClN4S. The molecular weight excluding hydrogens is 292 g/mol. The van der Waals surface area contributed by atoms with Crippen LogP contribution < -0.4 is 5.32 Å². The van der Waals surface area contributed by atoms with E-state index in [1.54, 1.807) is 6.20 Å². The first-order valence-corrected chi connectivity index (χ1v) is 8.77. The number of hydrogen-bond donors (Lipinski definition) is 1. The fourth-order valence-corrected chi connectivity index (χ4v) is 4.29. The van der Waals surface area contributed by atoms with Crippen LogP contribution in [0.5, 0.6) is 0 Å². The monoisotopic (exact) mass is 316 g/mol. The number of thioether (sulfide) groups is 1. The van der Waals surface area contributed by atoms with Crippen molar-refractivity contribution < 1.29 is 0 Å². The van der Waals surface area contributed by atoms with Crippen molar-refractivity contribution in [1.29, 1.82) is 0 Å². The first kappa shape index (κ1) is 16.1. The van der Waals surface area contributed by atoms with Crippen LogP contribution in [0.25, 0.3) is 0 Å². The van der Waals surface area contributed by atoms with Crippen molar-refractivity contribution in [3.63, 3.8) is 0 Å². The highest BCUT2D eigenvalue weighted by atomic mass is 35.5. The summed E-state index contributed by atoms with van der Waals surface area (Å²) in [6.07, 6.45) is 4.36. The van der Waals surface area contributed by atoms with Crippen LogP contribution in [0.2, 0.25) is 5.02 Å². The van der Waals surface area contributed by atoms with Gasteiger partial charge in [-0.15, -0.1) is 0 Å². The van der Waals surface area contributed by atoms with Gasteiger partial charge in [0.1, 0.15) is 0 Å². The molecule has 1 saturated heterocycles. The van der Waals surface area contributed by atoms with E-state index in [9.17, 15) is 0 Å². The number of nitrogens with zero attached hydrogens (tertiary/aromatic N) is 3. The normalized spacial score (nSPS) is 20.8. The quantitative estimate of drug-likeness (QED) is 0.838. The minimum Gasteiger partial charge on any atom is -0.308 e. The van der Waals surface area contributed by atoms with Gasteiger partial charge in [-0.1, -0.05) is 18.5 Å². The third-order valence-electron chi connectivity index (χ3n) is 3.65. The van der Waals surface area contributed by atoms with E-state index < -0.39 is 0 Å². The summed E-state index contributed by atoms with van der Waals surface area (Å²) in [5, 5.41) is 9.49. The number of nitrogens with one attached hydrogen (secondary N) is 1. The van der Waals surface area contributed by atoms with Crippen molar-refractivity contribution in [2.24, 2.45) is 0 Å². The van der Waals surface area contributed by atoms with Crippen LogP contribution in [0.3, 0.4) is 0 Å². The van der Waals surface area contributed by atoms with Crippen LogP contribution in [-0.4, -0.2) is 52.9 Å². The van der Waals surface area contributed by atoms with Gasteiger partial charge in [0, 0.05) is 11.8 Å². The van der Waals surface area contributed by atoms with Gasteiger partial charge in [0.25, 0.3) is 0 Å². The molecule has 0 aliphatic carbocycles. The minimum atomic E-state index is 0.310. The number of halogens is 1. The van der Waals surface area contributed by atoms with Crippen molar-refractivity contribution in [2.75, 3.05) is 32.9 Å². The smallest absolute Gasteiger partial charge is 0.0834 e. The van der Waals surface area contributed by atoms with Crippen LogP contribution in [-0.2, 0) is 6.54 Å². The fraction of sp³-hybridized carbons (Fsp3) is 0.786. The van der Waals surface area contributed by atoms with Gasteiger partial charge < -0.3 is 10.2 Å². The Morgan fingerprint density at radius 2 is 2.40 bits per heavy atom. The predicted molar refractivity (Wildman–Crippen MR) is 87.7 cm³/mol. The molecule has 1 aromatic heterocycles. The van der Waals surface area contributed by atoms with Gasteiger partial charge in [0.15, 0.2) is 0 Å². The second kappa shape index (κ2) is 7.69. The van der Waals surface area contributed by atoms with E-state index in [1.807, 2.05) is 0 Å². The first-order valence-electron chi connectivity index (χ1n) is 7.34. The van der Waals surface area contributed by atoms with Crippen LogP contribution in [0.1, 0.15) is 31.5 Å². The van der Waals surface area contributed by atoms with E-state index in [2.05, 4.69) is 52.8 Å². The lowest BCUT2D eigenvalue weighted by Gasteiger charge is -2.25. The zero-order valence-electron chi connectivity index (χ0n) is 12.6. The summed E-state index contributed by atoms with van der Waals surface area (Å²) in [5.74, 6) is 1.26. The minimum absolute atomic E-state index is 0.310. The molecule has 0 amide bonds. The Hall–Kier alpha value is -0.230. The Morgan fingerprint density at radius 1 is 1.60 bits per heavy atom. The molecule has 0 spiro atoms. The maximum Gasteiger partial charge on any atom is 0.0834 e. The molecule has 1 aromatic rings. The summed E-state index contributed by atoms with van der Waals surface area (Å²) in [7, 11) is 4.17. The van der Waals surface area contributed by atoms with Crippen molar-refractivity contribution in [2.45, 2.75) is 37.6 Å². The summed E-state index contributed by atoms with van der Waals surface area (Å²) in [6, 6.07) is 0.310. The van der Waals surface area contributed by atoms with Gasteiger partial charge in [-0.3, -0.25) is 4.68 Å². The highest BCUT2D eigenvalue weighted by molar-refractivity contribution is 8.00. The van der Waals surface area contributed by atoms with E-state index in [0.717, 1.165) is 30.4 Å². The molecule has 0 saturated carbocycles. The molecule has 1 fully saturated rings. The molecule has 4 nitrogen and oxygen atoms in total. The Kier molecular flexibility index (Phi) is 6.20. The molecule has 1 aliphatic heterocycles. The molecule has 0 radical (unpaired) electrons. The Labute approximate surface area is 131 Å². The molecule has 0 aromatic carbocycles. The largest absolute Gasteiger partial charge is 0.308 e. The van der Waals surface area contributed by atoms with Gasteiger partial charge in [-0.2, -0.15) is 16.9 Å². The lowest BCUT2D eigenvalue weighted by atomic mass is 10.1. The van der Waals surface area contributed by atoms with Crippen LogP contribution in [0, 0.1) is 0 Å². The number of hydrogen-bond acceptors (Lipinski definition) is 4. The summed E-state index contributed by atoms with van der Waals surface area (Å²) >= 11 is 8.48. The van der Waals surface area contributed by atoms with Gasteiger partial charge in [-0.25, -0.2) is 0 Å². The van der Waals surface area contributed by atoms with Gasteiger partial charge in [0.2, 0.25) is 0 Å². The molecule has 114 valence electrons. The molecule has 2 rings (SSSR count). The number of rotatable bonds is 7. The Morgan fingerprint density at radius 3 is 3.00 bits per heavy atom. The van der Waals surface area contributed by atoms with Crippen molar-refractivity contribution in [1.82, 2.24) is 20.0 Å². The van der Waals surface area contributed by atoms with Gasteiger partial charge in [-0.05, 0) is 39.2 Å². The molecule has 1 N–H and O–H groups in total.